The molecule has 0 unspecified atom stereocenters. The topological polar surface area (TPSA) is 60.7 Å². The highest BCUT2D eigenvalue weighted by Gasteiger charge is 2.50. The lowest BCUT2D eigenvalue weighted by molar-refractivity contribution is 0.0178. The molecule has 0 aromatic rings. The summed E-state index contributed by atoms with van der Waals surface area (Å²) in [5.74, 6) is 0.503. The van der Waals surface area contributed by atoms with Gasteiger partial charge >= 0.3 is 0 Å². The normalized spacial score (nSPS) is 38.9. The fraction of sp³-hybridized carbons (Fsp3) is 0.793. The highest BCUT2D eigenvalue weighted by atomic mass is 16.3. The average Bonchev–Trinajstić information content (AvgIpc) is 3.22. The summed E-state index contributed by atoms with van der Waals surface area (Å²) in [4.78, 5) is 0. The van der Waals surface area contributed by atoms with Gasteiger partial charge in [-0.1, -0.05) is 64.8 Å². The van der Waals surface area contributed by atoms with Crippen molar-refractivity contribution in [1.82, 2.24) is 0 Å². The molecule has 3 saturated carbocycles. The van der Waals surface area contributed by atoms with E-state index in [0.717, 1.165) is 69.8 Å². The molecule has 3 N–H and O–H groups in total. The molecule has 0 spiro atoms. The zero-order valence-electron chi connectivity index (χ0n) is 23.6. The van der Waals surface area contributed by atoms with Gasteiger partial charge in [0.15, 0.2) is 0 Å². The van der Waals surface area contributed by atoms with Crippen LogP contribution in [-0.4, -0.2) is 33.1 Å². The van der Waals surface area contributed by atoms with Gasteiger partial charge in [0.2, 0.25) is 0 Å². The van der Waals surface area contributed by atoms with Crippen LogP contribution in [0.1, 0.15) is 109 Å². The van der Waals surface area contributed by atoms with Gasteiger partial charge in [0, 0.05) is 10.5 Å². The molecular weight excluding hydrogens is 396 g/mol. The van der Waals surface area contributed by atoms with Crippen LogP contribution in [0.25, 0.3) is 0 Å². The second-order valence-corrected chi connectivity index (χ2v) is 11.0. The van der Waals surface area contributed by atoms with Crippen LogP contribution in [0.2, 0.25) is 0 Å². The standard InChI is InChI=1S/C29H48O3/c1-6-29(32,7-2)17-8-10-20(3)25-14-15-26-22(11-9-16-28(25,26)5)12-13-23-18-24(30)19-27(31)21(23)4/h12-13,20,24-27,30-32H,4,6-11,14-19H2,1-3,5H3/b22-12+,23-13-/t20-,24-,25+,26-,27-,28+/m0/s1/i5D3. The van der Waals surface area contributed by atoms with Crippen molar-refractivity contribution in [1.29, 1.82) is 0 Å². The molecule has 3 aliphatic rings. The Balaban J connectivity index is 1.82. The van der Waals surface area contributed by atoms with E-state index in [2.05, 4.69) is 19.6 Å². The van der Waals surface area contributed by atoms with Crippen molar-refractivity contribution in [3.8, 4) is 0 Å². The lowest BCUT2D eigenvalue weighted by atomic mass is 9.60. The van der Waals surface area contributed by atoms with E-state index in [0.29, 0.717) is 24.3 Å². The first kappa shape index (κ1) is 21.6. The molecule has 0 saturated heterocycles. The van der Waals surface area contributed by atoms with E-state index in [-0.39, 0.29) is 11.8 Å². The van der Waals surface area contributed by atoms with Gasteiger partial charge in [-0.25, -0.2) is 0 Å². The van der Waals surface area contributed by atoms with Gasteiger partial charge in [-0.05, 0) is 92.1 Å². The Kier molecular flexibility index (Phi) is 7.14. The zero-order chi connectivity index (χ0) is 26.0. The first-order valence-electron chi connectivity index (χ1n) is 14.6. The maximum absolute atomic E-state index is 10.7. The zero-order valence-corrected chi connectivity index (χ0v) is 20.6. The SMILES string of the molecule is [2H]C([2H])([2H])[C@]12CCC/C(=C\C=C3\C[C@H](O)C[C@H](O)C3=C)[C@@H]1CC[C@@H]2[C@@H](C)CCCC(O)(CC)CC. The van der Waals surface area contributed by atoms with Gasteiger partial charge < -0.3 is 15.3 Å². The van der Waals surface area contributed by atoms with Gasteiger partial charge in [0.25, 0.3) is 0 Å². The van der Waals surface area contributed by atoms with Crippen LogP contribution in [0, 0.1) is 23.2 Å². The van der Waals surface area contributed by atoms with E-state index in [4.69, 9.17) is 4.11 Å². The van der Waals surface area contributed by atoms with Crippen LogP contribution in [0.3, 0.4) is 0 Å². The number of aliphatic hydroxyl groups excluding tert-OH is 2. The van der Waals surface area contributed by atoms with Crippen molar-refractivity contribution >= 4 is 0 Å². The number of allylic oxidation sites excluding steroid dienone is 3. The van der Waals surface area contributed by atoms with Crippen molar-refractivity contribution in [3.05, 3.63) is 35.5 Å². The molecule has 0 amide bonds. The summed E-state index contributed by atoms with van der Waals surface area (Å²) >= 11 is 0. The average molecular weight is 448 g/mol. The molecule has 0 radical (unpaired) electrons. The predicted octanol–water partition coefficient (Wildman–Crippen LogP) is 6.48. The van der Waals surface area contributed by atoms with E-state index in [9.17, 15) is 15.3 Å². The van der Waals surface area contributed by atoms with Crippen LogP contribution in [0.5, 0.6) is 0 Å². The molecule has 3 fully saturated rings. The van der Waals surface area contributed by atoms with Crippen molar-refractivity contribution in [3.63, 3.8) is 0 Å². The Morgan fingerprint density at radius 1 is 1.25 bits per heavy atom. The Morgan fingerprint density at radius 2 is 2.00 bits per heavy atom. The van der Waals surface area contributed by atoms with Crippen LogP contribution >= 0.6 is 0 Å². The minimum atomic E-state index is -2.02. The summed E-state index contributed by atoms with van der Waals surface area (Å²) in [6.45, 7) is 8.30. The second-order valence-electron chi connectivity index (χ2n) is 11.0. The maximum atomic E-state index is 10.7. The Labute approximate surface area is 200 Å². The molecule has 0 aliphatic heterocycles. The number of hydrogen-bond donors (Lipinski definition) is 3. The molecule has 6 atom stereocenters. The Hall–Kier alpha value is -0.900. The van der Waals surface area contributed by atoms with Crippen LogP contribution in [0.15, 0.2) is 35.5 Å². The lowest BCUT2D eigenvalue weighted by Crippen LogP contribution is -2.36. The number of hydrogen-bond acceptors (Lipinski definition) is 3. The van der Waals surface area contributed by atoms with Crippen LogP contribution < -0.4 is 0 Å². The summed E-state index contributed by atoms with van der Waals surface area (Å²) in [5, 5.41) is 31.0. The monoisotopic (exact) mass is 447 g/mol. The van der Waals surface area contributed by atoms with E-state index >= 15 is 0 Å². The van der Waals surface area contributed by atoms with Crippen LogP contribution in [-0.2, 0) is 0 Å². The molecule has 0 aromatic heterocycles. The molecule has 0 aromatic carbocycles. The van der Waals surface area contributed by atoms with Crippen molar-refractivity contribution in [2.24, 2.45) is 23.2 Å². The molecule has 0 heterocycles. The third kappa shape index (κ3) is 5.42. The van der Waals surface area contributed by atoms with E-state index in [1.165, 1.54) is 5.57 Å². The molecule has 3 rings (SSSR count). The van der Waals surface area contributed by atoms with E-state index < -0.39 is 30.1 Å². The summed E-state index contributed by atoms with van der Waals surface area (Å²) in [5.41, 5.74) is 1.46. The molecule has 182 valence electrons. The first-order chi connectivity index (χ1) is 16.4. The molecule has 32 heavy (non-hydrogen) atoms. The van der Waals surface area contributed by atoms with Crippen molar-refractivity contribution in [2.45, 2.75) is 122 Å². The fourth-order valence-electron chi connectivity index (χ4n) is 6.77. The molecule has 3 nitrogen and oxygen atoms in total. The van der Waals surface area contributed by atoms with Crippen molar-refractivity contribution in [2.75, 3.05) is 0 Å². The summed E-state index contributed by atoms with van der Waals surface area (Å²) in [6, 6.07) is 0. The quantitative estimate of drug-likeness (QED) is 0.399. The van der Waals surface area contributed by atoms with Gasteiger partial charge in [-0.15, -0.1) is 0 Å². The number of rotatable bonds is 8. The van der Waals surface area contributed by atoms with Crippen molar-refractivity contribution < 1.29 is 19.4 Å². The Morgan fingerprint density at radius 3 is 2.69 bits per heavy atom. The number of fused-ring (bicyclic) bond motifs is 1. The highest BCUT2D eigenvalue weighted by molar-refractivity contribution is 5.38. The highest BCUT2D eigenvalue weighted by Crippen LogP contribution is 2.60. The minimum absolute atomic E-state index is 0.0444. The van der Waals surface area contributed by atoms with Gasteiger partial charge in [0.1, 0.15) is 0 Å². The van der Waals surface area contributed by atoms with Gasteiger partial charge in [0.05, 0.1) is 17.8 Å². The molecule has 0 bridgehead atoms. The third-order valence-electron chi connectivity index (χ3n) is 9.12. The molecular formula is C29H48O3. The summed E-state index contributed by atoms with van der Waals surface area (Å²) in [7, 11) is 0. The maximum Gasteiger partial charge on any atom is 0.0811 e. The lowest BCUT2D eigenvalue weighted by Gasteiger charge is -2.44. The second kappa shape index (κ2) is 10.6. The van der Waals surface area contributed by atoms with Gasteiger partial charge in [-0.3, -0.25) is 0 Å². The Bertz CT molecular complexity index is 810. The fourth-order valence-corrected chi connectivity index (χ4v) is 6.77. The molecule has 3 aliphatic carbocycles. The van der Waals surface area contributed by atoms with Crippen LogP contribution in [0.4, 0.5) is 0 Å². The smallest absolute Gasteiger partial charge is 0.0811 e. The van der Waals surface area contributed by atoms with Gasteiger partial charge in [-0.2, -0.15) is 0 Å². The predicted molar refractivity (Wildman–Crippen MR) is 133 cm³/mol. The minimum Gasteiger partial charge on any atom is -0.393 e. The molecule has 3 heteroatoms. The largest absolute Gasteiger partial charge is 0.393 e. The van der Waals surface area contributed by atoms with E-state index in [1.807, 2.05) is 19.9 Å². The summed E-state index contributed by atoms with van der Waals surface area (Å²) in [6.07, 6.45) is 12.1. The third-order valence-corrected chi connectivity index (χ3v) is 9.12. The number of aliphatic hydroxyl groups is 3. The van der Waals surface area contributed by atoms with E-state index in [1.54, 1.807) is 0 Å². The summed E-state index contributed by atoms with van der Waals surface area (Å²) < 4.78 is 26.0. The first-order valence-corrected chi connectivity index (χ1v) is 13.1.